The third-order valence-corrected chi connectivity index (χ3v) is 4.59. The number of nitrogens with one attached hydrogen (secondary N) is 1. The molecule has 2 heterocycles. The number of aromatic nitrogens is 1. The number of pyridine rings is 1. The van der Waals surface area contributed by atoms with Crippen LogP contribution in [0.2, 0.25) is 10.2 Å². The molecule has 0 bridgehead atoms. The standard InChI is InChI=1S/C18H19Cl2N3O2/c19-14-6-7-16(20)22-17(14)18(24)21-15(13-4-2-1-3-5-13)12-23-8-10-25-11-9-23/h1-7,15H,8-12H2,(H,21,24). The van der Waals surface area contributed by atoms with E-state index in [1.807, 2.05) is 30.3 Å². The van der Waals surface area contributed by atoms with Crippen LogP contribution in [0.4, 0.5) is 0 Å². The molecule has 25 heavy (non-hydrogen) atoms. The van der Waals surface area contributed by atoms with E-state index in [0.717, 1.165) is 18.7 Å². The minimum absolute atomic E-state index is 0.136. The lowest BCUT2D eigenvalue weighted by Crippen LogP contribution is -2.43. The summed E-state index contributed by atoms with van der Waals surface area (Å²) >= 11 is 12.0. The zero-order valence-corrected chi connectivity index (χ0v) is 15.1. The normalized spacial score (nSPS) is 16.4. The Hall–Kier alpha value is -1.66. The summed E-state index contributed by atoms with van der Waals surface area (Å²) in [7, 11) is 0. The van der Waals surface area contributed by atoms with Gasteiger partial charge in [-0.2, -0.15) is 0 Å². The molecule has 1 amide bonds. The van der Waals surface area contributed by atoms with Crippen molar-refractivity contribution in [3.63, 3.8) is 0 Å². The van der Waals surface area contributed by atoms with Gasteiger partial charge in [-0.25, -0.2) is 4.98 Å². The van der Waals surface area contributed by atoms with Crippen molar-refractivity contribution in [2.45, 2.75) is 6.04 Å². The Morgan fingerprint density at radius 3 is 2.60 bits per heavy atom. The average Bonchev–Trinajstić information content (AvgIpc) is 2.64. The highest BCUT2D eigenvalue weighted by atomic mass is 35.5. The van der Waals surface area contributed by atoms with E-state index in [2.05, 4.69) is 15.2 Å². The number of ether oxygens (including phenoxy) is 1. The molecular weight excluding hydrogens is 361 g/mol. The van der Waals surface area contributed by atoms with Crippen molar-refractivity contribution in [2.24, 2.45) is 0 Å². The number of carbonyl (C=O) groups is 1. The summed E-state index contributed by atoms with van der Waals surface area (Å²) in [6, 6.07) is 12.8. The summed E-state index contributed by atoms with van der Waals surface area (Å²) in [4.78, 5) is 19.0. The summed E-state index contributed by atoms with van der Waals surface area (Å²) in [5.74, 6) is -0.338. The number of rotatable bonds is 5. The maximum atomic E-state index is 12.7. The summed E-state index contributed by atoms with van der Waals surface area (Å²) < 4.78 is 5.40. The van der Waals surface area contributed by atoms with Crippen LogP contribution in [0.5, 0.6) is 0 Å². The fourth-order valence-electron chi connectivity index (χ4n) is 2.77. The Morgan fingerprint density at radius 1 is 1.16 bits per heavy atom. The van der Waals surface area contributed by atoms with E-state index in [1.54, 1.807) is 12.1 Å². The first kappa shape index (κ1) is 18.1. The maximum absolute atomic E-state index is 12.7. The number of nitrogens with zero attached hydrogens (tertiary/aromatic N) is 2. The topological polar surface area (TPSA) is 54.5 Å². The summed E-state index contributed by atoms with van der Waals surface area (Å²) in [6.45, 7) is 3.79. The van der Waals surface area contributed by atoms with Crippen LogP contribution in [0.1, 0.15) is 22.1 Å². The van der Waals surface area contributed by atoms with Crippen LogP contribution in [-0.2, 0) is 4.74 Å². The fourth-order valence-corrected chi connectivity index (χ4v) is 3.10. The molecule has 1 aliphatic heterocycles. The summed E-state index contributed by atoms with van der Waals surface area (Å²) in [5.41, 5.74) is 1.16. The highest BCUT2D eigenvalue weighted by molar-refractivity contribution is 6.34. The highest BCUT2D eigenvalue weighted by Gasteiger charge is 2.22. The molecule has 0 aliphatic carbocycles. The number of halogens is 2. The van der Waals surface area contributed by atoms with Gasteiger partial charge in [-0.15, -0.1) is 0 Å². The van der Waals surface area contributed by atoms with Crippen molar-refractivity contribution in [3.8, 4) is 0 Å². The van der Waals surface area contributed by atoms with E-state index in [1.165, 1.54) is 0 Å². The van der Waals surface area contributed by atoms with E-state index >= 15 is 0 Å². The second-order valence-electron chi connectivity index (χ2n) is 5.81. The van der Waals surface area contributed by atoms with Gasteiger partial charge in [0.05, 0.1) is 24.3 Å². The number of hydrogen-bond donors (Lipinski definition) is 1. The van der Waals surface area contributed by atoms with E-state index in [4.69, 9.17) is 27.9 Å². The van der Waals surface area contributed by atoms with Crippen LogP contribution >= 0.6 is 23.2 Å². The van der Waals surface area contributed by atoms with Crippen LogP contribution < -0.4 is 5.32 Å². The molecular formula is C18H19Cl2N3O2. The Bertz CT molecular complexity index is 722. The van der Waals surface area contributed by atoms with Gasteiger partial charge in [-0.3, -0.25) is 9.69 Å². The molecule has 1 aromatic heterocycles. The molecule has 7 heteroatoms. The molecule has 1 saturated heterocycles. The molecule has 1 atom stereocenters. The van der Waals surface area contributed by atoms with Gasteiger partial charge < -0.3 is 10.1 Å². The van der Waals surface area contributed by atoms with Crippen molar-refractivity contribution in [3.05, 3.63) is 63.9 Å². The Kier molecular flexibility index (Phi) is 6.26. The Morgan fingerprint density at radius 2 is 1.88 bits per heavy atom. The summed E-state index contributed by atoms with van der Waals surface area (Å²) in [5, 5.41) is 3.55. The maximum Gasteiger partial charge on any atom is 0.272 e. The molecule has 1 unspecified atom stereocenters. The Balaban J connectivity index is 1.79. The molecule has 5 nitrogen and oxygen atoms in total. The van der Waals surface area contributed by atoms with Gasteiger partial charge in [0.15, 0.2) is 0 Å². The number of carbonyl (C=O) groups excluding carboxylic acids is 1. The predicted octanol–water partition coefficient (Wildman–Crippen LogP) is 3.19. The highest BCUT2D eigenvalue weighted by Crippen LogP contribution is 2.20. The van der Waals surface area contributed by atoms with Crippen LogP contribution in [0.15, 0.2) is 42.5 Å². The second-order valence-corrected chi connectivity index (χ2v) is 6.61. The average molecular weight is 380 g/mol. The number of hydrogen-bond acceptors (Lipinski definition) is 4. The SMILES string of the molecule is O=C(NC(CN1CCOCC1)c1ccccc1)c1nc(Cl)ccc1Cl. The van der Waals surface area contributed by atoms with Gasteiger partial charge in [0, 0.05) is 19.6 Å². The van der Waals surface area contributed by atoms with Gasteiger partial charge in [-0.05, 0) is 17.7 Å². The number of benzene rings is 1. The summed E-state index contributed by atoms with van der Waals surface area (Å²) in [6.07, 6.45) is 0. The molecule has 1 aliphatic rings. The van der Waals surface area contributed by atoms with Gasteiger partial charge in [0.25, 0.3) is 5.91 Å². The van der Waals surface area contributed by atoms with Crippen molar-refractivity contribution >= 4 is 29.1 Å². The molecule has 0 radical (unpaired) electrons. The largest absolute Gasteiger partial charge is 0.379 e. The molecule has 3 rings (SSSR count). The first-order valence-corrected chi connectivity index (χ1v) is 8.87. The lowest BCUT2D eigenvalue weighted by atomic mass is 10.1. The molecule has 132 valence electrons. The van der Waals surface area contributed by atoms with Crippen LogP contribution in [0.25, 0.3) is 0 Å². The van der Waals surface area contributed by atoms with Crippen LogP contribution in [-0.4, -0.2) is 48.6 Å². The Labute approximate surface area is 156 Å². The van der Waals surface area contributed by atoms with Crippen LogP contribution in [0, 0.1) is 0 Å². The fraction of sp³-hybridized carbons (Fsp3) is 0.333. The van der Waals surface area contributed by atoms with Crippen molar-refractivity contribution in [1.29, 1.82) is 0 Å². The minimum atomic E-state index is -0.338. The van der Waals surface area contributed by atoms with Crippen molar-refractivity contribution in [2.75, 3.05) is 32.8 Å². The van der Waals surface area contributed by atoms with Gasteiger partial charge in [0.2, 0.25) is 0 Å². The third-order valence-electron chi connectivity index (χ3n) is 4.08. The van der Waals surface area contributed by atoms with E-state index in [9.17, 15) is 4.79 Å². The van der Waals surface area contributed by atoms with E-state index in [0.29, 0.717) is 19.8 Å². The third kappa shape index (κ3) is 4.92. The molecule has 2 aromatic rings. The van der Waals surface area contributed by atoms with Gasteiger partial charge in [-0.1, -0.05) is 53.5 Å². The first-order chi connectivity index (χ1) is 12.1. The minimum Gasteiger partial charge on any atom is -0.379 e. The van der Waals surface area contributed by atoms with Gasteiger partial charge >= 0.3 is 0 Å². The zero-order chi connectivity index (χ0) is 17.6. The van der Waals surface area contributed by atoms with Crippen molar-refractivity contribution in [1.82, 2.24) is 15.2 Å². The smallest absolute Gasteiger partial charge is 0.272 e. The molecule has 1 fully saturated rings. The van der Waals surface area contributed by atoms with Crippen LogP contribution in [0.3, 0.4) is 0 Å². The molecule has 1 aromatic carbocycles. The number of amides is 1. The molecule has 0 spiro atoms. The molecule has 0 saturated carbocycles. The predicted molar refractivity (Wildman–Crippen MR) is 98.2 cm³/mol. The number of morpholine rings is 1. The zero-order valence-electron chi connectivity index (χ0n) is 13.6. The van der Waals surface area contributed by atoms with Gasteiger partial charge in [0.1, 0.15) is 10.8 Å². The molecule has 1 N–H and O–H groups in total. The van der Waals surface area contributed by atoms with E-state index < -0.39 is 0 Å². The second kappa shape index (κ2) is 8.63. The van der Waals surface area contributed by atoms with E-state index in [-0.39, 0.29) is 27.8 Å². The first-order valence-electron chi connectivity index (χ1n) is 8.11. The quantitative estimate of drug-likeness (QED) is 0.810. The monoisotopic (exact) mass is 379 g/mol. The van der Waals surface area contributed by atoms with Crippen molar-refractivity contribution < 1.29 is 9.53 Å². The lowest BCUT2D eigenvalue weighted by Gasteiger charge is -2.31. The lowest BCUT2D eigenvalue weighted by molar-refractivity contribution is 0.0332.